The first-order chi connectivity index (χ1) is 12.2. The standard InChI is InChI=1S/C23H20N2/c1-16(2)23-24-21-14-13-19(17-9-5-3-6-10-17)15-20(21)22(25-23)18-11-7-4-8-12-18/h3-16H,1-2H3. The van der Waals surface area contributed by atoms with E-state index in [1.54, 1.807) is 0 Å². The van der Waals surface area contributed by atoms with Crippen molar-refractivity contribution in [2.24, 2.45) is 0 Å². The summed E-state index contributed by atoms with van der Waals surface area (Å²) >= 11 is 0. The van der Waals surface area contributed by atoms with Gasteiger partial charge in [-0.2, -0.15) is 0 Å². The third-order valence-electron chi connectivity index (χ3n) is 4.38. The Bertz CT molecular complexity index is 1010. The molecule has 122 valence electrons. The van der Waals surface area contributed by atoms with E-state index in [1.807, 2.05) is 12.1 Å². The van der Waals surface area contributed by atoms with E-state index < -0.39 is 0 Å². The van der Waals surface area contributed by atoms with Crippen molar-refractivity contribution in [3.8, 4) is 22.4 Å². The van der Waals surface area contributed by atoms with Crippen LogP contribution >= 0.6 is 0 Å². The molecule has 0 aliphatic carbocycles. The Balaban J connectivity index is 1.99. The summed E-state index contributed by atoms with van der Waals surface area (Å²) in [4.78, 5) is 9.68. The molecule has 0 spiro atoms. The lowest BCUT2D eigenvalue weighted by atomic mass is 10.00. The van der Waals surface area contributed by atoms with Crippen LogP contribution in [0.25, 0.3) is 33.3 Å². The maximum atomic E-state index is 4.89. The van der Waals surface area contributed by atoms with Crippen LogP contribution in [0.4, 0.5) is 0 Å². The molecule has 0 fully saturated rings. The minimum absolute atomic E-state index is 0.292. The fourth-order valence-corrected chi connectivity index (χ4v) is 3.03. The average Bonchev–Trinajstić information content (AvgIpc) is 2.68. The lowest BCUT2D eigenvalue weighted by molar-refractivity contribution is 0.784. The van der Waals surface area contributed by atoms with E-state index in [0.29, 0.717) is 5.92 Å². The zero-order chi connectivity index (χ0) is 17.2. The molecule has 0 saturated heterocycles. The number of benzene rings is 3. The summed E-state index contributed by atoms with van der Waals surface area (Å²) in [6.45, 7) is 4.27. The highest BCUT2D eigenvalue weighted by Crippen LogP contribution is 2.31. The zero-order valence-corrected chi connectivity index (χ0v) is 14.5. The lowest BCUT2D eigenvalue weighted by Crippen LogP contribution is -2.00. The largest absolute Gasteiger partial charge is 0.233 e. The van der Waals surface area contributed by atoms with Crippen LogP contribution in [0, 0.1) is 0 Å². The maximum Gasteiger partial charge on any atom is 0.132 e. The van der Waals surface area contributed by atoms with Crippen molar-refractivity contribution in [1.29, 1.82) is 0 Å². The van der Waals surface area contributed by atoms with Crippen LogP contribution in [0.5, 0.6) is 0 Å². The second kappa shape index (κ2) is 6.48. The molecule has 2 heteroatoms. The number of fused-ring (bicyclic) bond motifs is 1. The van der Waals surface area contributed by atoms with Crippen LogP contribution in [0.15, 0.2) is 78.9 Å². The van der Waals surface area contributed by atoms with Crippen molar-refractivity contribution >= 4 is 10.9 Å². The highest BCUT2D eigenvalue weighted by Gasteiger charge is 2.13. The highest BCUT2D eigenvalue weighted by atomic mass is 14.9. The average molecular weight is 324 g/mol. The molecule has 2 nitrogen and oxygen atoms in total. The minimum Gasteiger partial charge on any atom is -0.233 e. The van der Waals surface area contributed by atoms with Crippen molar-refractivity contribution in [3.05, 3.63) is 84.7 Å². The molecule has 0 radical (unpaired) electrons. The number of rotatable bonds is 3. The van der Waals surface area contributed by atoms with Gasteiger partial charge < -0.3 is 0 Å². The van der Waals surface area contributed by atoms with E-state index in [9.17, 15) is 0 Å². The van der Waals surface area contributed by atoms with Gasteiger partial charge in [0.1, 0.15) is 5.82 Å². The van der Waals surface area contributed by atoms with Gasteiger partial charge >= 0.3 is 0 Å². The number of nitrogens with zero attached hydrogens (tertiary/aromatic N) is 2. The summed E-state index contributed by atoms with van der Waals surface area (Å²) in [5.74, 6) is 1.18. The van der Waals surface area contributed by atoms with Crippen molar-refractivity contribution in [2.75, 3.05) is 0 Å². The summed E-state index contributed by atoms with van der Waals surface area (Å²) < 4.78 is 0. The molecule has 0 bridgehead atoms. The van der Waals surface area contributed by atoms with Crippen molar-refractivity contribution in [2.45, 2.75) is 19.8 Å². The van der Waals surface area contributed by atoms with Gasteiger partial charge in [-0.25, -0.2) is 9.97 Å². The molecule has 0 amide bonds. The SMILES string of the molecule is CC(C)c1nc(-c2ccccc2)c2cc(-c3ccccc3)ccc2n1. The van der Waals surface area contributed by atoms with Gasteiger partial charge in [0.2, 0.25) is 0 Å². The van der Waals surface area contributed by atoms with E-state index in [1.165, 1.54) is 11.1 Å². The summed E-state index contributed by atoms with van der Waals surface area (Å²) in [5, 5.41) is 1.09. The predicted octanol–water partition coefficient (Wildman–Crippen LogP) is 6.09. The van der Waals surface area contributed by atoms with Crippen LogP contribution < -0.4 is 0 Å². The Hall–Kier alpha value is -3.00. The van der Waals surface area contributed by atoms with E-state index in [-0.39, 0.29) is 0 Å². The fraction of sp³-hybridized carbons (Fsp3) is 0.130. The summed E-state index contributed by atoms with van der Waals surface area (Å²) in [7, 11) is 0. The maximum absolute atomic E-state index is 4.89. The van der Waals surface area contributed by atoms with E-state index in [2.05, 4.69) is 80.6 Å². The van der Waals surface area contributed by atoms with Gasteiger partial charge in [-0.05, 0) is 23.3 Å². The van der Waals surface area contributed by atoms with Gasteiger partial charge in [-0.3, -0.25) is 0 Å². The Morgan fingerprint density at radius 2 is 1.28 bits per heavy atom. The predicted molar refractivity (Wildman–Crippen MR) is 104 cm³/mol. The van der Waals surface area contributed by atoms with Crippen LogP contribution in [-0.4, -0.2) is 9.97 Å². The van der Waals surface area contributed by atoms with Gasteiger partial charge in [-0.15, -0.1) is 0 Å². The van der Waals surface area contributed by atoms with Gasteiger partial charge in [0.05, 0.1) is 11.2 Å². The van der Waals surface area contributed by atoms with E-state index in [4.69, 9.17) is 9.97 Å². The Morgan fingerprint density at radius 3 is 1.92 bits per heavy atom. The zero-order valence-electron chi connectivity index (χ0n) is 14.5. The molecule has 0 aliphatic rings. The summed E-state index contributed by atoms with van der Waals surface area (Å²) in [5.41, 5.74) is 5.52. The molecule has 25 heavy (non-hydrogen) atoms. The van der Waals surface area contributed by atoms with Crippen LogP contribution in [-0.2, 0) is 0 Å². The van der Waals surface area contributed by atoms with Crippen molar-refractivity contribution in [1.82, 2.24) is 9.97 Å². The molecule has 4 rings (SSSR count). The first-order valence-corrected chi connectivity index (χ1v) is 8.65. The molecule has 1 aromatic heterocycles. The first-order valence-electron chi connectivity index (χ1n) is 8.65. The van der Waals surface area contributed by atoms with E-state index >= 15 is 0 Å². The molecule has 4 aromatic rings. The van der Waals surface area contributed by atoms with Gasteiger partial charge in [-0.1, -0.05) is 80.6 Å². The quantitative estimate of drug-likeness (QED) is 0.456. The Labute approximate surface area is 148 Å². The second-order valence-corrected chi connectivity index (χ2v) is 6.55. The number of aromatic nitrogens is 2. The third-order valence-corrected chi connectivity index (χ3v) is 4.38. The summed E-state index contributed by atoms with van der Waals surface area (Å²) in [6.07, 6.45) is 0. The van der Waals surface area contributed by atoms with Gasteiger partial charge in [0, 0.05) is 16.9 Å². The summed E-state index contributed by atoms with van der Waals surface area (Å²) in [6, 6.07) is 27.3. The highest BCUT2D eigenvalue weighted by molar-refractivity contribution is 5.95. The molecule has 1 heterocycles. The van der Waals surface area contributed by atoms with Crippen molar-refractivity contribution < 1.29 is 0 Å². The van der Waals surface area contributed by atoms with Gasteiger partial charge in [0.15, 0.2) is 0 Å². The number of hydrogen-bond donors (Lipinski definition) is 0. The minimum atomic E-state index is 0.292. The molecular formula is C23H20N2. The topological polar surface area (TPSA) is 25.8 Å². The molecule has 0 saturated carbocycles. The normalized spacial score (nSPS) is 11.2. The molecule has 0 aliphatic heterocycles. The molecule has 0 N–H and O–H groups in total. The molecule has 0 atom stereocenters. The second-order valence-electron chi connectivity index (χ2n) is 6.55. The molecule has 0 unspecified atom stereocenters. The van der Waals surface area contributed by atoms with Crippen LogP contribution in [0.2, 0.25) is 0 Å². The van der Waals surface area contributed by atoms with Crippen molar-refractivity contribution in [3.63, 3.8) is 0 Å². The molecular weight excluding hydrogens is 304 g/mol. The molecule has 3 aromatic carbocycles. The monoisotopic (exact) mass is 324 g/mol. The Kier molecular flexibility index (Phi) is 4.02. The van der Waals surface area contributed by atoms with Gasteiger partial charge in [0.25, 0.3) is 0 Å². The number of hydrogen-bond acceptors (Lipinski definition) is 2. The first kappa shape index (κ1) is 15.5. The Morgan fingerprint density at radius 1 is 0.640 bits per heavy atom. The fourth-order valence-electron chi connectivity index (χ4n) is 3.03. The van der Waals surface area contributed by atoms with Crippen LogP contribution in [0.1, 0.15) is 25.6 Å². The smallest absolute Gasteiger partial charge is 0.132 e. The van der Waals surface area contributed by atoms with Crippen LogP contribution in [0.3, 0.4) is 0 Å². The third kappa shape index (κ3) is 3.03. The lowest BCUT2D eigenvalue weighted by Gasteiger charge is -2.12. The van der Waals surface area contributed by atoms with E-state index in [0.717, 1.165) is 28.0 Å².